The molecule has 0 fully saturated rings. The Morgan fingerprint density at radius 3 is 2.56 bits per heavy atom. The van der Waals surface area contributed by atoms with Crippen molar-refractivity contribution in [3.05, 3.63) is 58.9 Å². The molecule has 27 heavy (non-hydrogen) atoms. The monoisotopic (exact) mass is 414 g/mol. The first-order chi connectivity index (χ1) is 12.6. The Hall–Kier alpha value is -2.49. The Kier molecular flexibility index (Phi) is 6.53. The van der Waals surface area contributed by atoms with Gasteiger partial charge in [-0.1, -0.05) is 17.7 Å². The number of hydrogen-bond acceptors (Lipinski definition) is 5. The number of ether oxygens (including phenoxy) is 1. The van der Waals surface area contributed by atoms with Gasteiger partial charge >= 0.3 is 5.97 Å². The van der Waals surface area contributed by atoms with Crippen LogP contribution in [0.5, 0.6) is 0 Å². The summed E-state index contributed by atoms with van der Waals surface area (Å²) in [5.41, 5.74) is -0.192. The summed E-state index contributed by atoms with van der Waals surface area (Å²) < 4.78 is 43.6. The Morgan fingerprint density at radius 2 is 1.89 bits per heavy atom. The molecule has 0 aromatic heterocycles. The van der Waals surface area contributed by atoms with E-state index >= 15 is 0 Å². The fourth-order valence-electron chi connectivity index (χ4n) is 1.99. The minimum Gasteiger partial charge on any atom is -0.452 e. The molecule has 2 aromatic carbocycles. The molecule has 2 rings (SSSR count). The number of hydrogen-bond donors (Lipinski definition) is 1. The molecule has 0 radical (unpaired) electrons. The number of nitrogens with zero attached hydrogens (tertiary/aromatic N) is 1. The van der Waals surface area contributed by atoms with Crippen LogP contribution in [0.3, 0.4) is 0 Å². The summed E-state index contributed by atoms with van der Waals surface area (Å²) >= 11 is 5.73. The van der Waals surface area contributed by atoms with Gasteiger partial charge in [0.1, 0.15) is 5.82 Å². The Morgan fingerprint density at radius 1 is 1.19 bits per heavy atom. The SMILES string of the molecule is CN(C)S(=O)(=O)c1cccc(C(=O)OCC(=O)Nc2cc(Cl)ccc2F)c1. The molecule has 0 heterocycles. The summed E-state index contributed by atoms with van der Waals surface area (Å²) in [7, 11) is -1.00. The number of anilines is 1. The van der Waals surface area contributed by atoms with Crippen LogP contribution >= 0.6 is 11.6 Å². The standard InChI is InChI=1S/C17H16ClFN2O5S/c1-21(2)27(24,25)13-5-3-4-11(8-13)17(23)26-10-16(22)20-15-9-12(18)6-7-14(15)19/h3-9H,10H2,1-2H3,(H,20,22). The quantitative estimate of drug-likeness (QED) is 0.733. The molecule has 144 valence electrons. The molecule has 2 aromatic rings. The largest absolute Gasteiger partial charge is 0.452 e. The molecular weight excluding hydrogens is 399 g/mol. The van der Waals surface area contributed by atoms with Crippen molar-refractivity contribution in [2.75, 3.05) is 26.0 Å². The van der Waals surface area contributed by atoms with E-state index in [9.17, 15) is 22.4 Å². The number of rotatable bonds is 6. The molecule has 0 spiro atoms. The molecule has 0 aliphatic rings. The van der Waals surface area contributed by atoms with Gasteiger partial charge in [0.25, 0.3) is 5.91 Å². The summed E-state index contributed by atoms with van der Waals surface area (Å²) in [6.07, 6.45) is 0. The van der Waals surface area contributed by atoms with Crippen LogP contribution in [0.15, 0.2) is 47.4 Å². The number of esters is 1. The Balaban J connectivity index is 2.03. The number of carbonyl (C=O) groups excluding carboxylic acids is 2. The van der Waals surface area contributed by atoms with Crippen LogP contribution < -0.4 is 5.32 Å². The average Bonchev–Trinajstić information content (AvgIpc) is 2.62. The fourth-order valence-corrected chi connectivity index (χ4v) is 3.11. The second kappa shape index (κ2) is 8.47. The number of carbonyl (C=O) groups is 2. The van der Waals surface area contributed by atoms with Gasteiger partial charge < -0.3 is 10.1 Å². The number of amides is 1. The Labute approximate surface area is 160 Å². The van der Waals surface area contributed by atoms with Crippen LogP contribution in [0.2, 0.25) is 5.02 Å². The van der Waals surface area contributed by atoms with Crippen LogP contribution in [-0.2, 0) is 19.6 Å². The highest BCUT2D eigenvalue weighted by atomic mass is 35.5. The van der Waals surface area contributed by atoms with E-state index in [-0.39, 0.29) is 21.2 Å². The van der Waals surface area contributed by atoms with Crippen LogP contribution in [-0.4, -0.2) is 45.3 Å². The molecule has 0 saturated heterocycles. The van der Waals surface area contributed by atoms with E-state index in [1.165, 1.54) is 44.4 Å². The third kappa shape index (κ3) is 5.25. The van der Waals surface area contributed by atoms with E-state index in [1.54, 1.807) is 0 Å². The maximum atomic E-state index is 13.6. The predicted octanol–water partition coefficient (Wildman–Crippen LogP) is 2.52. The van der Waals surface area contributed by atoms with Gasteiger partial charge in [-0.05, 0) is 36.4 Å². The average molecular weight is 415 g/mol. The lowest BCUT2D eigenvalue weighted by Gasteiger charge is -2.12. The smallest absolute Gasteiger partial charge is 0.338 e. The number of sulfonamides is 1. The van der Waals surface area contributed by atoms with E-state index in [1.807, 2.05) is 0 Å². The van der Waals surface area contributed by atoms with Crippen molar-refractivity contribution in [3.63, 3.8) is 0 Å². The summed E-state index contributed by atoms with van der Waals surface area (Å²) in [4.78, 5) is 23.8. The molecule has 1 amide bonds. The van der Waals surface area contributed by atoms with Crippen molar-refractivity contribution in [3.8, 4) is 0 Å². The van der Waals surface area contributed by atoms with E-state index < -0.39 is 34.3 Å². The van der Waals surface area contributed by atoms with Gasteiger partial charge in [-0.15, -0.1) is 0 Å². The van der Waals surface area contributed by atoms with Gasteiger partial charge in [-0.25, -0.2) is 21.9 Å². The molecule has 0 aliphatic heterocycles. The summed E-state index contributed by atoms with van der Waals surface area (Å²) in [6, 6.07) is 8.83. The van der Waals surface area contributed by atoms with E-state index in [2.05, 4.69) is 5.32 Å². The zero-order valence-electron chi connectivity index (χ0n) is 14.4. The lowest BCUT2D eigenvalue weighted by Crippen LogP contribution is -2.23. The maximum absolute atomic E-state index is 13.6. The van der Waals surface area contributed by atoms with E-state index in [0.29, 0.717) is 0 Å². The second-order valence-electron chi connectivity index (χ2n) is 5.56. The van der Waals surface area contributed by atoms with Crippen LogP contribution in [0.25, 0.3) is 0 Å². The zero-order valence-corrected chi connectivity index (χ0v) is 16.0. The van der Waals surface area contributed by atoms with Crippen molar-refractivity contribution >= 4 is 39.2 Å². The molecule has 0 atom stereocenters. The van der Waals surface area contributed by atoms with Crippen molar-refractivity contribution in [2.24, 2.45) is 0 Å². The van der Waals surface area contributed by atoms with Crippen LogP contribution in [0, 0.1) is 5.82 Å². The van der Waals surface area contributed by atoms with Gasteiger partial charge in [0.2, 0.25) is 10.0 Å². The first-order valence-electron chi connectivity index (χ1n) is 7.56. The van der Waals surface area contributed by atoms with Gasteiger partial charge in [0, 0.05) is 19.1 Å². The first kappa shape index (κ1) is 20.8. The summed E-state index contributed by atoms with van der Waals surface area (Å²) in [5.74, 6) is -2.37. The molecule has 7 nitrogen and oxygen atoms in total. The number of nitrogens with one attached hydrogen (secondary N) is 1. The molecule has 0 unspecified atom stereocenters. The molecule has 0 bridgehead atoms. The Bertz CT molecular complexity index is 979. The van der Waals surface area contributed by atoms with E-state index in [4.69, 9.17) is 16.3 Å². The van der Waals surface area contributed by atoms with Crippen molar-refractivity contribution in [1.82, 2.24) is 4.31 Å². The van der Waals surface area contributed by atoms with Gasteiger partial charge in [-0.3, -0.25) is 4.79 Å². The molecule has 0 aliphatic carbocycles. The molecule has 1 N–H and O–H groups in total. The van der Waals surface area contributed by atoms with Gasteiger partial charge in [0.15, 0.2) is 6.61 Å². The summed E-state index contributed by atoms with van der Waals surface area (Å²) in [5, 5.41) is 2.45. The second-order valence-corrected chi connectivity index (χ2v) is 8.15. The number of halogens is 2. The summed E-state index contributed by atoms with van der Waals surface area (Å²) in [6.45, 7) is -0.685. The lowest BCUT2D eigenvalue weighted by molar-refractivity contribution is -0.119. The minimum atomic E-state index is -3.72. The fraction of sp³-hybridized carbons (Fsp3) is 0.176. The van der Waals surface area contributed by atoms with Gasteiger partial charge in [-0.2, -0.15) is 0 Å². The normalized spacial score (nSPS) is 11.3. The molecule has 10 heteroatoms. The lowest BCUT2D eigenvalue weighted by atomic mass is 10.2. The maximum Gasteiger partial charge on any atom is 0.338 e. The predicted molar refractivity (Wildman–Crippen MR) is 97.6 cm³/mol. The minimum absolute atomic E-state index is 0.0420. The van der Waals surface area contributed by atoms with Gasteiger partial charge in [0.05, 0.1) is 16.1 Å². The van der Waals surface area contributed by atoms with Crippen molar-refractivity contribution in [1.29, 1.82) is 0 Å². The third-order valence-electron chi connectivity index (χ3n) is 3.39. The van der Waals surface area contributed by atoms with Crippen molar-refractivity contribution < 1.29 is 27.1 Å². The van der Waals surface area contributed by atoms with Crippen LogP contribution in [0.1, 0.15) is 10.4 Å². The van der Waals surface area contributed by atoms with Crippen LogP contribution in [0.4, 0.5) is 10.1 Å². The number of benzene rings is 2. The highest BCUT2D eigenvalue weighted by Crippen LogP contribution is 2.19. The molecular formula is C17H16ClFN2O5S. The first-order valence-corrected chi connectivity index (χ1v) is 9.37. The molecule has 0 saturated carbocycles. The highest BCUT2D eigenvalue weighted by molar-refractivity contribution is 7.89. The van der Waals surface area contributed by atoms with E-state index in [0.717, 1.165) is 16.4 Å². The third-order valence-corrected chi connectivity index (χ3v) is 5.43. The highest BCUT2D eigenvalue weighted by Gasteiger charge is 2.19. The van der Waals surface area contributed by atoms with Crippen molar-refractivity contribution in [2.45, 2.75) is 4.90 Å². The topological polar surface area (TPSA) is 92.8 Å². The zero-order chi connectivity index (χ0) is 20.2.